The zero-order valence-corrected chi connectivity index (χ0v) is 18.6. The van der Waals surface area contributed by atoms with Gasteiger partial charge in [-0.15, -0.1) is 0 Å². The van der Waals surface area contributed by atoms with Gasteiger partial charge in [0.05, 0.1) is 0 Å². The Labute approximate surface area is 193 Å². The lowest BCUT2D eigenvalue weighted by Gasteiger charge is -2.36. The number of carbonyl (C=O) groups excluding carboxylic acids is 1. The molecule has 1 heterocycles. The van der Waals surface area contributed by atoms with Crippen molar-refractivity contribution in [3.63, 3.8) is 0 Å². The lowest BCUT2D eigenvalue weighted by atomic mass is 10.0. The van der Waals surface area contributed by atoms with Crippen LogP contribution in [0.5, 0.6) is 5.75 Å². The van der Waals surface area contributed by atoms with Gasteiger partial charge in [0, 0.05) is 54.6 Å². The minimum absolute atomic E-state index is 0.0194. The minimum atomic E-state index is -0.585. The summed E-state index contributed by atoms with van der Waals surface area (Å²) >= 11 is 6.10. The molecule has 0 aromatic heterocycles. The number of ether oxygens (including phenoxy) is 1. The van der Waals surface area contributed by atoms with Crippen molar-refractivity contribution in [1.29, 1.82) is 0 Å². The fraction of sp³-hybridized carbons (Fsp3) is 0.269. The summed E-state index contributed by atoms with van der Waals surface area (Å²) < 4.78 is 5.74. The van der Waals surface area contributed by atoms with Crippen molar-refractivity contribution < 1.29 is 14.6 Å². The summed E-state index contributed by atoms with van der Waals surface area (Å²) in [4.78, 5) is 17.0. The highest BCUT2D eigenvalue weighted by Crippen LogP contribution is 2.21. The number of anilines is 1. The topological polar surface area (TPSA) is 53.0 Å². The normalized spacial score (nSPS) is 15.4. The van der Waals surface area contributed by atoms with Crippen LogP contribution in [0.3, 0.4) is 0 Å². The third-order valence-electron chi connectivity index (χ3n) is 5.61. The molecule has 1 saturated heterocycles. The van der Waals surface area contributed by atoms with Crippen LogP contribution in [0.4, 0.5) is 5.69 Å². The Bertz CT molecular complexity index is 1020. The predicted octanol–water partition coefficient (Wildman–Crippen LogP) is 4.13. The van der Waals surface area contributed by atoms with Crippen molar-refractivity contribution in [3.05, 3.63) is 95.0 Å². The Kier molecular flexibility index (Phi) is 7.43. The number of aliphatic hydroxyl groups excluding tert-OH is 1. The second kappa shape index (κ2) is 10.6. The van der Waals surface area contributed by atoms with Gasteiger partial charge in [-0.1, -0.05) is 48.0 Å². The molecule has 5 nitrogen and oxygen atoms in total. The summed E-state index contributed by atoms with van der Waals surface area (Å²) in [5, 5.41) is 11.2. The van der Waals surface area contributed by atoms with Crippen LogP contribution in [-0.4, -0.2) is 61.2 Å². The number of hydrogen-bond acceptors (Lipinski definition) is 5. The first-order valence-electron chi connectivity index (χ1n) is 10.8. The number of benzene rings is 3. The van der Waals surface area contributed by atoms with Gasteiger partial charge in [-0.2, -0.15) is 0 Å². The Morgan fingerprint density at radius 3 is 2.28 bits per heavy atom. The molecule has 1 fully saturated rings. The highest BCUT2D eigenvalue weighted by Gasteiger charge is 2.20. The maximum atomic E-state index is 12.5. The second-order valence-electron chi connectivity index (χ2n) is 7.95. The Morgan fingerprint density at radius 1 is 0.906 bits per heavy atom. The molecule has 0 radical (unpaired) electrons. The maximum absolute atomic E-state index is 12.5. The molecule has 1 aliphatic rings. The van der Waals surface area contributed by atoms with Gasteiger partial charge in [0.15, 0.2) is 5.78 Å². The van der Waals surface area contributed by atoms with E-state index in [9.17, 15) is 9.90 Å². The first-order chi connectivity index (χ1) is 15.6. The smallest absolute Gasteiger partial charge is 0.193 e. The molecule has 0 bridgehead atoms. The fourth-order valence-electron chi connectivity index (χ4n) is 3.86. The molecular formula is C26H27ClN2O3. The van der Waals surface area contributed by atoms with Crippen LogP contribution in [0.1, 0.15) is 15.9 Å². The van der Waals surface area contributed by atoms with E-state index < -0.39 is 6.10 Å². The molecule has 4 rings (SSSR count). The summed E-state index contributed by atoms with van der Waals surface area (Å²) in [5.41, 5.74) is 2.41. The molecule has 0 spiro atoms. The number of nitrogens with zero attached hydrogens (tertiary/aromatic N) is 2. The van der Waals surface area contributed by atoms with Crippen LogP contribution in [-0.2, 0) is 0 Å². The van der Waals surface area contributed by atoms with E-state index in [4.69, 9.17) is 16.3 Å². The molecule has 3 aromatic rings. The van der Waals surface area contributed by atoms with Crippen molar-refractivity contribution in [2.75, 3.05) is 44.2 Å². The molecule has 0 amide bonds. The number of ketones is 1. The highest BCUT2D eigenvalue weighted by molar-refractivity contribution is 6.30. The van der Waals surface area contributed by atoms with Crippen LogP contribution in [0, 0.1) is 0 Å². The largest absolute Gasteiger partial charge is 0.491 e. The first-order valence-corrected chi connectivity index (χ1v) is 11.2. The van der Waals surface area contributed by atoms with Crippen LogP contribution >= 0.6 is 11.6 Å². The van der Waals surface area contributed by atoms with Crippen molar-refractivity contribution in [2.45, 2.75) is 6.10 Å². The molecule has 166 valence electrons. The predicted molar refractivity (Wildman–Crippen MR) is 128 cm³/mol. The average molecular weight is 451 g/mol. The van der Waals surface area contributed by atoms with Gasteiger partial charge >= 0.3 is 0 Å². The number of β-amino-alcohol motifs (C(OH)–C–C–N with tert-alkyl or cyclic N) is 1. The number of hydrogen-bond donors (Lipinski definition) is 1. The molecule has 0 saturated carbocycles. The van der Waals surface area contributed by atoms with Crippen molar-refractivity contribution in [1.82, 2.24) is 4.90 Å². The quantitative estimate of drug-likeness (QED) is 0.523. The molecular weight excluding hydrogens is 424 g/mol. The van der Waals surface area contributed by atoms with Gasteiger partial charge in [0.2, 0.25) is 0 Å². The molecule has 1 aliphatic heterocycles. The van der Waals surface area contributed by atoms with Gasteiger partial charge in [0.25, 0.3) is 0 Å². The van der Waals surface area contributed by atoms with Gasteiger partial charge < -0.3 is 14.7 Å². The SMILES string of the molecule is O=C(c1ccccc1)c1ccc(OC[C@@H](O)CN2CCN(c3cccc(Cl)c3)CC2)cc1. The van der Waals surface area contributed by atoms with E-state index in [1.54, 1.807) is 36.4 Å². The zero-order chi connectivity index (χ0) is 22.3. The van der Waals surface area contributed by atoms with Crippen molar-refractivity contribution in [2.24, 2.45) is 0 Å². The van der Waals surface area contributed by atoms with E-state index in [0.29, 0.717) is 23.4 Å². The Balaban J connectivity index is 1.21. The standard InChI is InChI=1S/C26H27ClN2O3/c27-22-7-4-8-23(17-22)29-15-13-28(14-16-29)18-24(30)19-32-25-11-9-21(10-12-25)26(31)20-5-2-1-3-6-20/h1-12,17,24,30H,13-16,18-19H2/t24-/m0/s1. The molecule has 0 aliphatic carbocycles. The molecule has 0 unspecified atom stereocenters. The van der Waals surface area contributed by atoms with E-state index in [1.807, 2.05) is 36.4 Å². The van der Waals surface area contributed by atoms with Crippen LogP contribution in [0.15, 0.2) is 78.9 Å². The number of aliphatic hydroxyl groups is 1. The number of carbonyl (C=O) groups is 1. The van der Waals surface area contributed by atoms with Gasteiger partial charge in [-0.3, -0.25) is 9.69 Å². The summed E-state index contributed by atoms with van der Waals surface area (Å²) in [6.45, 7) is 4.31. The summed E-state index contributed by atoms with van der Waals surface area (Å²) in [7, 11) is 0. The van der Waals surface area contributed by atoms with Crippen molar-refractivity contribution >= 4 is 23.1 Å². The van der Waals surface area contributed by atoms with Crippen LogP contribution < -0.4 is 9.64 Å². The highest BCUT2D eigenvalue weighted by atomic mass is 35.5. The number of halogens is 1. The van der Waals surface area contributed by atoms with E-state index >= 15 is 0 Å². The van der Waals surface area contributed by atoms with Gasteiger partial charge in [-0.05, 0) is 42.5 Å². The third kappa shape index (κ3) is 5.88. The Morgan fingerprint density at radius 2 is 1.59 bits per heavy atom. The Hall–Kier alpha value is -2.86. The van der Waals surface area contributed by atoms with E-state index in [0.717, 1.165) is 36.9 Å². The molecule has 32 heavy (non-hydrogen) atoms. The number of piperazine rings is 1. The molecule has 3 aromatic carbocycles. The summed E-state index contributed by atoms with van der Waals surface area (Å²) in [6.07, 6.45) is -0.585. The number of rotatable bonds is 8. The lowest BCUT2D eigenvalue weighted by Crippen LogP contribution is -2.49. The first kappa shape index (κ1) is 22.3. The maximum Gasteiger partial charge on any atom is 0.193 e. The van der Waals surface area contributed by atoms with Crippen LogP contribution in [0.25, 0.3) is 0 Å². The third-order valence-corrected chi connectivity index (χ3v) is 5.84. The summed E-state index contributed by atoms with van der Waals surface area (Å²) in [5.74, 6) is 0.619. The second-order valence-corrected chi connectivity index (χ2v) is 8.39. The lowest BCUT2D eigenvalue weighted by molar-refractivity contribution is 0.0663. The van der Waals surface area contributed by atoms with E-state index in [2.05, 4.69) is 15.9 Å². The van der Waals surface area contributed by atoms with E-state index in [-0.39, 0.29) is 12.4 Å². The fourth-order valence-corrected chi connectivity index (χ4v) is 4.05. The van der Waals surface area contributed by atoms with Gasteiger partial charge in [-0.25, -0.2) is 0 Å². The molecule has 1 N–H and O–H groups in total. The van der Waals surface area contributed by atoms with Gasteiger partial charge in [0.1, 0.15) is 18.5 Å². The average Bonchev–Trinajstić information content (AvgIpc) is 2.84. The zero-order valence-electron chi connectivity index (χ0n) is 17.9. The van der Waals surface area contributed by atoms with Crippen molar-refractivity contribution in [3.8, 4) is 5.75 Å². The minimum Gasteiger partial charge on any atom is -0.491 e. The summed E-state index contributed by atoms with van der Waals surface area (Å²) in [6, 6.07) is 24.2. The molecule has 6 heteroatoms. The monoisotopic (exact) mass is 450 g/mol. The van der Waals surface area contributed by atoms with Crippen LogP contribution in [0.2, 0.25) is 5.02 Å². The van der Waals surface area contributed by atoms with E-state index in [1.165, 1.54) is 0 Å². The molecule has 1 atom stereocenters.